The van der Waals surface area contributed by atoms with Gasteiger partial charge in [-0.05, 0) is 42.3 Å². The van der Waals surface area contributed by atoms with E-state index in [0.717, 1.165) is 22.0 Å². The van der Waals surface area contributed by atoms with E-state index in [1.165, 1.54) is 11.0 Å². The molecule has 2 aromatic heterocycles. The minimum atomic E-state index is -0.224. The van der Waals surface area contributed by atoms with Crippen molar-refractivity contribution in [3.05, 3.63) is 60.4 Å². The highest BCUT2D eigenvalue weighted by Crippen LogP contribution is 2.25. The first-order valence-electron chi connectivity index (χ1n) is 9.92. The molecule has 0 aliphatic rings. The molecule has 0 saturated carbocycles. The van der Waals surface area contributed by atoms with Crippen LogP contribution in [0, 0.1) is 0 Å². The van der Waals surface area contributed by atoms with E-state index in [0.29, 0.717) is 17.9 Å². The van der Waals surface area contributed by atoms with E-state index in [4.69, 9.17) is 0 Å². The molecule has 2 amide bonds. The van der Waals surface area contributed by atoms with E-state index in [1.54, 1.807) is 29.9 Å². The van der Waals surface area contributed by atoms with Crippen LogP contribution in [0.5, 0.6) is 0 Å². The molecule has 0 unspecified atom stereocenters. The summed E-state index contributed by atoms with van der Waals surface area (Å²) in [5.74, 6) is 0.166. The fourth-order valence-electron chi connectivity index (χ4n) is 3.28. The Hall–Kier alpha value is -4.01. The average Bonchev–Trinajstić information content (AvgIpc) is 3.39. The maximum absolute atomic E-state index is 12.4. The van der Waals surface area contributed by atoms with Crippen LogP contribution in [0.1, 0.15) is 17.3 Å². The van der Waals surface area contributed by atoms with Crippen LogP contribution < -0.4 is 5.32 Å². The molecule has 0 radical (unpaired) electrons. The second kappa shape index (κ2) is 8.39. The summed E-state index contributed by atoms with van der Waals surface area (Å²) in [6.45, 7) is 2.63. The van der Waals surface area contributed by atoms with Crippen molar-refractivity contribution in [3.63, 3.8) is 0 Å². The van der Waals surface area contributed by atoms with Crippen LogP contribution in [0.15, 0.2) is 54.9 Å². The minimum Gasteiger partial charge on any atom is -0.345 e. The number of aromatic nitrogens is 5. The second-order valence-electron chi connectivity index (χ2n) is 7.32. The third kappa shape index (κ3) is 4.30. The summed E-state index contributed by atoms with van der Waals surface area (Å²) in [5, 5.41) is 16.2. The number of nitrogens with one attached hydrogen (secondary N) is 1. The predicted octanol–water partition coefficient (Wildman–Crippen LogP) is 2.66. The summed E-state index contributed by atoms with van der Waals surface area (Å²) >= 11 is 0. The number of hydrogen-bond acceptors (Lipinski definition) is 5. The van der Waals surface area contributed by atoms with Crippen LogP contribution >= 0.6 is 0 Å². The van der Waals surface area contributed by atoms with Crippen molar-refractivity contribution in [3.8, 4) is 11.1 Å². The van der Waals surface area contributed by atoms with Gasteiger partial charge >= 0.3 is 0 Å². The molecule has 0 spiro atoms. The summed E-state index contributed by atoms with van der Waals surface area (Å²) in [6, 6.07) is 13.4. The van der Waals surface area contributed by atoms with Gasteiger partial charge in [-0.25, -0.2) is 0 Å². The molecule has 4 aromatic rings. The Kier molecular flexibility index (Phi) is 5.48. The summed E-state index contributed by atoms with van der Waals surface area (Å²) < 4.78 is 1.65. The van der Waals surface area contributed by atoms with Crippen molar-refractivity contribution in [2.24, 2.45) is 0 Å². The van der Waals surface area contributed by atoms with E-state index in [-0.39, 0.29) is 18.4 Å². The van der Waals surface area contributed by atoms with Crippen molar-refractivity contribution in [1.82, 2.24) is 29.7 Å². The molecule has 2 aromatic carbocycles. The maximum Gasteiger partial charge on any atom is 0.253 e. The predicted molar refractivity (Wildman–Crippen MR) is 118 cm³/mol. The SMILES string of the molecule is CCn1ncc(NC(=O)Cn2ncc3cc(-c4ccc(C(=O)N(C)C)cc4)ccc32)n1. The normalized spacial score (nSPS) is 10.9. The van der Waals surface area contributed by atoms with Gasteiger partial charge in [0.1, 0.15) is 6.54 Å². The summed E-state index contributed by atoms with van der Waals surface area (Å²) in [7, 11) is 3.47. The molecule has 0 bridgehead atoms. The zero-order valence-corrected chi connectivity index (χ0v) is 17.6. The lowest BCUT2D eigenvalue weighted by atomic mass is 10.0. The quantitative estimate of drug-likeness (QED) is 0.520. The Balaban J connectivity index is 1.50. The average molecular weight is 417 g/mol. The molecule has 9 heteroatoms. The van der Waals surface area contributed by atoms with E-state index < -0.39 is 0 Å². The van der Waals surface area contributed by atoms with Crippen LogP contribution in [0.25, 0.3) is 22.0 Å². The van der Waals surface area contributed by atoms with E-state index in [1.807, 2.05) is 49.4 Å². The molecule has 158 valence electrons. The lowest BCUT2D eigenvalue weighted by molar-refractivity contribution is -0.116. The molecule has 9 nitrogen and oxygen atoms in total. The third-order valence-electron chi connectivity index (χ3n) is 4.89. The lowest BCUT2D eigenvalue weighted by Crippen LogP contribution is -2.21. The largest absolute Gasteiger partial charge is 0.345 e. The number of nitrogens with zero attached hydrogens (tertiary/aromatic N) is 6. The van der Waals surface area contributed by atoms with Gasteiger partial charge < -0.3 is 10.2 Å². The van der Waals surface area contributed by atoms with Gasteiger partial charge in [0.15, 0.2) is 5.82 Å². The maximum atomic E-state index is 12.4. The number of fused-ring (bicyclic) bond motifs is 1. The van der Waals surface area contributed by atoms with Crippen molar-refractivity contribution >= 4 is 28.5 Å². The first-order valence-corrected chi connectivity index (χ1v) is 9.92. The first kappa shape index (κ1) is 20.3. The molecule has 0 saturated heterocycles. The van der Waals surface area contributed by atoms with Crippen molar-refractivity contribution < 1.29 is 9.59 Å². The fraction of sp³-hybridized carbons (Fsp3) is 0.227. The van der Waals surface area contributed by atoms with E-state index >= 15 is 0 Å². The van der Waals surface area contributed by atoms with Crippen molar-refractivity contribution in [2.75, 3.05) is 19.4 Å². The molecular formula is C22H23N7O2. The molecule has 0 atom stereocenters. The molecular weight excluding hydrogens is 394 g/mol. The number of anilines is 1. The Labute approximate surface area is 179 Å². The lowest BCUT2D eigenvalue weighted by Gasteiger charge is -2.10. The van der Waals surface area contributed by atoms with Crippen LogP contribution in [0.4, 0.5) is 5.82 Å². The Morgan fingerprint density at radius 3 is 2.42 bits per heavy atom. The molecule has 0 aliphatic heterocycles. The van der Waals surface area contributed by atoms with Gasteiger partial charge in [0, 0.05) is 25.0 Å². The zero-order valence-electron chi connectivity index (χ0n) is 17.6. The molecule has 0 fully saturated rings. The van der Waals surface area contributed by atoms with Crippen molar-refractivity contribution in [1.29, 1.82) is 0 Å². The molecule has 2 heterocycles. The third-order valence-corrected chi connectivity index (χ3v) is 4.89. The number of aryl methyl sites for hydroxylation is 1. The Morgan fingerprint density at radius 2 is 1.74 bits per heavy atom. The van der Waals surface area contributed by atoms with Gasteiger partial charge in [-0.3, -0.25) is 14.3 Å². The van der Waals surface area contributed by atoms with E-state index in [2.05, 4.69) is 20.6 Å². The van der Waals surface area contributed by atoms with Crippen LogP contribution in [-0.2, 0) is 17.9 Å². The van der Waals surface area contributed by atoms with Gasteiger partial charge in [0.25, 0.3) is 5.91 Å². The van der Waals surface area contributed by atoms with Gasteiger partial charge in [0.2, 0.25) is 5.91 Å². The van der Waals surface area contributed by atoms with Gasteiger partial charge in [-0.1, -0.05) is 18.2 Å². The van der Waals surface area contributed by atoms with E-state index in [9.17, 15) is 9.59 Å². The monoisotopic (exact) mass is 417 g/mol. The minimum absolute atomic E-state index is 0.0289. The number of rotatable bonds is 6. The number of carbonyl (C=O) groups is 2. The standard InChI is InChI=1S/C22H23N7O2/c1-4-29-24-13-20(26-29)25-21(30)14-28-19-10-9-17(11-18(19)12-23-28)15-5-7-16(8-6-15)22(31)27(2)3/h5-13H,4,14H2,1-3H3,(H,25,26,30). The number of benzene rings is 2. The molecule has 4 rings (SSSR count). The number of carbonyl (C=O) groups excluding carboxylic acids is 2. The van der Waals surface area contributed by atoms with Crippen LogP contribution in [0.2, 0.25) is 0 Å². The first-order chi connectivity index (χ1) is 14.9. The van der Waals surface area contributed by atoms with Crippen LogP contribution in [-0.4, -0.2) is 55.6 Å². The highest BCUT2D eigenvalue weighted by molar-refractivity contribution is 5.95. The molecule has 0 aliphatic carbocycles. The van der Waals surface area contributed by atoms with Crippen molar-refractivity contribution in [2.45, 2.75) is 20.0 Å². The molecule has 31 heavy (non-hydrogen) atoms. The topological polar surface area (TPSA) is 97.9 Å². The highest BCUT2D eigenvalue weighted by Gasteiger charge is 2.12. The highest BCUT2D eigenvalue weighted by atomic mass is 16.2. The van der Waals surface area contributed by atoms with Gasteiger partial charge in [-0.15, -0.1) is 5.10 Å². The summed E-state index contributed by atoms with van der Waals surface area (Å²) in [6.07, 6.45) is 3.26. The molecule has 1 N–H and O–H groups in total. The Bertz CT molecular complexity index is 1240. The summed E-state index contributed by atoms with van der Waals surface area (Å²) in [5.41, 5.74) is 3.52. The summed E-state index contributed by atoms with van der Waals surface area (Å²) in [4.78, 5) is 27.5. The van der Waals surface area contributed by atoms with Gasteiger partial charge in [0.05, 0.1) is 24.5 Å². The van der Waals surface area contributed by atoms with Crippen LogP contribution in [0.3, 0.4) is 0 Å². The zero-order chi connectivity index (χ0) is 22.0. The second-order valence-corrected chi connectivity index (χ2v) is 7.32. The number of hydrogen-bond donors (Lipinski definition) is 1. The number of amides is 2. The Morgan fingerprint density at radius 1 is 1.00 bits per heavy atom. The smallest absolute Gasteiger partial charge is 0.253 e. The fourth-order valence-corrected chi connectivity index (χ4v) is 3.28. The van der Waals surface area contributed by atoms with Gasteiger partial charge in [-0.2, -0.15) is 15.0 Å².